The topological polar surface area (TPSA) is 119 Å². The van der Waals surface area contributed by atoms with Gasteiger partial charge < -0.3 is 15.7 Å². The van der Waals surface area contributed by atoms with E-state index in [1.54, 1.807) is 31.2 Å². The second-order valence-electron chi connectivity index (χ2n) is 6.37. The Morgan fingerprint density at radius 2 is 1.92 bits per heavy atom. The summed E-state index contributed by atoms with van der Waals surface area (Å²) in [5.41, 5.74) is 5.19. The molecular formula is C17H18N4O4. The minimum absolute atomic E-state index is 0.0623. The number of hydrogen-bond acceptors (Lipinski definition) is 4. The van der Waals surface area contributed by atoms with Crippen LogP contribution in [-0.2, 0) is 4.79 Å². The molecule has 2 aromatic rings. The molecule has 1 aromatic heterocycles. The fraction of sp³-hybridized carbons (Fsp3) is 0.294. The van der Waals surface area contributed by atoms with Crippen molar-refractivity contribution in [3.63, 3.8) is 0 Å². The molecule has 3 rings (SSSR count). The number of aliphatic carboxylic acids is 1. The number of aromatic nitrogens is 2. The fourth-order valence-corrected chi connectivity index (χ4v) is 2.90. The number of rotatable bonds is 4. The molecule has 0 saturated carbocycles. The summed E-state index contributed by atoms with van der Waals surface area (Å²) in [6.07, 6.45) is 0.371. The summed E-state index contributed by atoms with van der Waals surface area (Å²) in [5.74, 6) is -2.05. The number of primary amides is 1. The van der Waals surface area contributed by atoms with E-state index in [0.717, 1.165) is 0 Å². The number of hydrogen-bond donors (Lipinski definition) is 2. The molecule has 1 unspecified atom stereocenters. The Kier molecular flexibility index (Phi) is 4.03. The lowest BCUT2D eigenvalue weighted by Gasteiger charge is -2.19. The molecule has 1 saturated heterocycles. The highest BCUT2D eigenvalue weighted by molar-refractivity contribution is 5.98. The number of carboxylic acid groups (broad SMARTS) is 1. The molecule has 2 heterocycles. The predicted octanol–water partition coefficient (Wildman–Crippen LogP) is 0.908. The van der Waals surface area contributed by atoms with Crippen molar-refractivity contribution in [2.24, 2.45) is 11.1 Å². The Balaban J connectivity index is 1.92. The molecule has 0 radical (unpaired) electrons. The van der Waals surface area contributed by atoms with Crippen LogP contribution in [0.3, 0.4) is 0 Å². The molecule has 0 aliphatic carbocycles. The predicted molar refractivity (Wildman–Crippen MR) is 88.3 cm³/mol. The quantitative estimate of drug-likeness (QED) is 0.856. The molecule has 3 N–H and O–H groups in total. The van der Waals surface area contributed by atoms with Gasteiger partial charge in [0.1, 0.15) is 5.69 Å². The van der Waals surface area contributed by atoms with Crippen molar-refractivity contribution in [3.05, 3.63) is 47.8 Å². The summed E-state index contributed by atoms with van der Waals surface area (Å²) in [7, 11) is 0. The van der Waals surface area contributed by atoms with Crippen LogP contribution in [0.4, 0.5) is 0 Å². The van der Waals surface area contributed by atoms with Crippen molar-refractivity contribution in [2.45, 2.75) is 13.3 Å². The van der Waals surface area contributed by atoms with Gasteiger partial charge in [0, 0.05) is 19.2 Å². The van der Waals surface area contributed by atoms with Gasteiger partial charge in [0.2, 0.25) is 0 Å². The van der Waals surface area contributed by atoms with E-state index in [1.807, 2.05) is 6.07 Å². The summed E-state index contributed by atoms with van der Waals surface area (Å²) in [4.78, 5) is 37.2. The summed E-state index contributed by atoms with van der Waals surface area (Å²) in [6.45, 7) is 2.04. The molecule has 2 amide bonds. The zero-order valence-corrected chi connectivity index (χ0v) is 13.7. The smallest absolute Gasteiger partial charge is 0.311 e. The van der Waals surface area contributed by atoms with E-state index in [9.17, 15) is 19.5 Å². The van der Waals surface area contributed by atoms with E-state index in [2.05, 4.69) is 5.10 Å². The second-order valence-corrected chi connectivity index (χ2v) is 6.37. The van der Waals surface area contributed by atoms with Gasteiger partial charge in [-0.3, -0.25) is 14.4 Å². The zero-order chi connectivity index (χ0) is 18.2. The lowest BCUT2D eigenvalue weighted by molar-refractivity contribution is -0.147. The van der Waals surface area contributed by atoms with Gasteiger partial charge in [-0.25, -0.2) is 4.68 Å². The molecule has 25 heavy (non-hydrogen) atoms. The van der Waals surface area contributed by atoms with Crippen LogP contribution in [0.25, 0.3) is 5.69 Å². The van der Waals surface area contributed by atoms with E-state index >= 15 is 0 Å². The van der Waals surface area contributed by atoms with Crippen molar-refractivity contribution in [1.82, 2.24) is 14.7 Å². The van der Waals surface area contributed by atoms with Crippen molar-refractivity contribution in [2.75, 3.05) is 13.1 Å². The van der Waals surface area contributed by atoms with Gasteiger partial charge in [-0.1, -0.05) is 18.2 Å². The van der Waals surface area contributed by atoms with Crippen LogP contribution in [0.1, 0.15) is 34.3 Å². The number of nitrogens with zero attached hydrogens (tertiary/aromatic N) is 3. The van der Waals surface area contributed by atoms with Gasteiger partial charge in [-0.05, 0) is 25.5 Å². The van der Waals surface area contributed by atoms with Crippen LogP contribution in [0.2, 0.25) is 0 Å². The van der Waals surface area contributed by atoms with Crippen molar-refractivity contribution in [3.8, 4) is 5.69 Å². The first-order valence-corrected chi connectivity index (χ1v) is 7.80. The van der Waals surface area contributed by atoms with Crippen LogP contribution in [0.15, 0.2) is 36.4 Å². The molecule has 1 atom stereocenters. The lowest BCUT2D eigenvalue weighted by atomic mass is 9.90. The van der Waals surface area contributed by atoms with E-state index in [0.29, 0.717) is 18.7 Å². The molecule has 8 heteroatoms. The number of nitrogens with two attached hydrogens (primary N) is 1. The van der Waals surface area contributed by atoms with E-state index in [1.165, 1.54) is 15.6 Å². The Morgan fingerprint density at radius 1 is 1.24 bits per heavy atom. The van der Waals surface area contributed by atoms with Crippen LogP contribution >= 0.6 is 0 Å². The first-order chi connectivity index (χ1) is 11.8. The minimum atomic E-state index is -0.968. The number of benzene rings is 1. The number of carboxylic acids is 1. The maximum Gasteiger partial charge on any atom is 0.311 e. The molecule has 0 bridgehead atoms. The molecule has 1 fully saturated rings. The second kappa shape index (κ2) is 6.04. The number of amides is 2. The third-order valence-electron chi connectivity index (χ3n) is 4.46. The van der Waals surface area contributed by atoms with E-state index in [-0.39, 0.29) is 17.9 Å². The third-order valence-corrected chi connectivity index (χ3v) is 4.46. The average Bonchev–Trinajstić information content (AvgIpc) is 3.20. The highest BCUT2D eigenvalue weighted by Gasteiger charge is 2.42. The largest absolute Gasteiger partial charge is 0.481 e. The molecule has 1 aliphatic rings. The third kappa shape index (κ3) is 2.98. The summed E-state index contributed by atoms with van der Waals surface area (Å²) in [6, 6.07) is 10.2. The van der Waals surface area contributed by atoms with Gasteiger partial charge in [0.25, 0.3) is 11.8 Å². The molecule has 130 valence electrons. The van der Waals surface area contributed by atoms with Gasteiger partial charge in [-0.2, -0.15) is 5.10 Å². The number of para-hydroxylation sites is 1. The summed E-state index contributed by atoms with van der Waals surface area (Å²) in [5, 5.41) is 13.5. The average molecular weight is 342 g/mol. The number of carbonyl (C=O) groups excluding carboxylic acids is 2. The van der Waals surface area contributed by atoms with Gasteiger partial charge in [0.15, 0.2) is 5.69 Å². The molecule has 0 spiro atoms. The van der Waals surface area contributed by atoms with Crippen LogP contribution in [0.5, 0.6) is 0 Å². The van der Waals surface area contributed by atoms with E-state index < -0.39 is 23.2 Å². The first-order valence-electron chi connectivity index (χ1n) is 7.80. The van der Waals surface area contributed by atoms with Crippen molar-refractivity contribution < 1.29 is 19.5 Å². The lowest BCUT2D eigenvalue weighted by Crippen LogP contribution is -2.35. The van der Waals surface area contributed by atoms with Crippen LogP contribution < -0.4 is 5.73 Å². The highest BCUT2D eigenvalue weighted by Crippen LogP contribution is 2.31. The molecule has 1 aromatic carbocycles. The first kappa shape index (κ1) is 16.7. The van der Waals surface area contributed by atoms with Gasteiger partial charge in [0.05, 0.1) is 11.1 Å². The number of likely N-dealkylation sites (tertiary alicyclic amines) is 1. The summed E-state index contributed by atoms with van der Waals surface area (Å²) < 4.78 is 1.32. The van der Waals surface area contributed by atoms with Crippen LogP contribution in [0, 0.1) is 5.41 Å². The molecule has 1 aliphatic heterocycles. The Hall–Kier alpha value is -3.16. The number of carbonyl (C=O) groups is 3. The van der Waals surface area contributed by atoms with E-state index in [4.69, 9.17) is 5.73 Å². The maximum absolute atomic E-state index is 12.7. The van der Waals surface area contributed by atoms with Crippen molar-refractivity contribution in [1.29, 1.82) is 0 Å². The SMILES string of the molecule is CC1(C(=O)O)CCN(C(=O)c2cc(C(N)=O)n(-c3ccccc3)n2)C1. The van der Waals surface area contributed by atoms with Gasteiger partial charge in [-0.15, -0.1) is 0 Å². The monoisotopic (exact) mass is 342 g/mol. The van der Waals surface area contributed by atoms with Crippen molar-refractivity contribution >= 4 is 17.8 Å². The standard InChI is InChI=1S/C17H18N4O4/c1-17(16(24)25)7-8-20(10-17)15(23)12-9-13(14(18)22)21(19-12)11-5-3-2-4-6-11/h2-6,9H,7-8,10H2,1H3,(H2,18,22)(H,24,25). The zero-order valence-electron chi connectivity index (χ0n) is 13.7. The Labute approximate surface area is 143 Å². The summed E-state index contributed by atoms with van der Waals surface area (Å²) >= 11 is 0. The fourth-order valence-electron chi connectivity index (χ4n) is 2.90. The normalized spacial score (nSPS) is 19.8. The maximum atomic E-state index is 12.7. The minimum Gasteiger partial charge on any atom is -0.481 e. The molecule has 8 nitrogen and oxygen atoms in total. The van der Waals surface area contributed by atoms with Crippen LogP contribution in [-0.4, -0.2) is 50.7 Å². The van der Waals surface area contributed by atoms with Gasteiger partial charge >= 0.3 is 5.97 Å². The molecular weight excluding hydrogens is 324 g/mol. The highest BCUT2D eigenvalue weighted by atomic mass is 16.4. The Morgan fingerprint density at radius 3 is 2.48 bits per heavy atom. The Bertz CT molecular complexity index is 846.